The lowest BCUT2D eigenvalue weighted by Crippen LogP contribution is -2.32. The van der Waals surface area contributed by atoms with Gasteiger partial charge in [-0.15, -0.1) is 0 Å². The van der Waals surface area contributed by atoms with E-state index in [0.29, 0.717) is 33.0 Å². The zero-order chi connectivity index (χ0) is 16.8. The normalized spacial score (nSPS) is 17.0. The fraction of sp³-hybridized carbons (Fsp3) is 0.588. The second-order valence-corrected chi connectivity index (χ2v) is 6.34. The molecule has 0 aliphatic carbocycles. The molecule has 2 aromatic rings. The minimum Gasteiger partial charge on any atom is -0.381 e. The van der Waals surface area contributed by atoms with Crippen molar-refractivity contribution in [1.82, 2.24) is 19.8 Å². The molecule has 2 heterocycles. The predicted octanol–water partition coefficient (Wildman–Crippen LogP) is 1.64. The lowest BCUT2D eigenvalue weighted by atomic mass is 10.1. The maximum absolute atomic E-state index is 12.4. The van der Waals surface area contributed by atoms with Crippen LogP contribution in [0, 0.1) is 5.92 Å². The molecule has 0 bridgehead atoms. The number of hydrogen-bond donors (Lipinski definition) is 0. The maximum atomic E-state index is 12.4. The van der Waals surface area contributed by atoms with E-state index < -0.39 is 0 Å². The highest BCUT2D eigenvalue weighted by Gasteiger charge is 2.21. The number of benzene rings is 1. The fourth-order valence-electron chi connectivity index (χ4n) is 2.86. The Labute approximate surface area is 141 Å². The van der Waals surface area contributed by atoms with Gasteiger partial charge in [0, 0.05) is 13.2 Å². The topological polar surface area (TPSA) is 71.2 Å². The molecule has 0 radical (unpaired) electrons. The number of ether oxygens (including phenoxy) is 2. The number of tetrazole rings is 1. The van der Waals surface area contributed by atoms with Crippen LogP contribution in [0.2, 0.25) is 0 Å². The van der Waals surface area contributed by atoms with E-state index in [1.807, 2.05) is 37.3 Å². The fourth-order valence-corrected chi connectivity index (χ4v) is 2.86. The van der Waals surface area contributed by atoms with Crippen LogP contribution in [-0.4, -0.2) is 39.6 Å². The molecule has 3 rings (SSSR count). The first-order valence-corrected chi connectivity index (χ1v) is 8.46. The second kappa shape index (κ2) is 8.21. The minimum absolute atomic E-state index is 0.102. The third kappa shape index (κ3) is 4.30. The van der Waals surface area contributed by atoms with Crippen LogP contribution in [0.4, 0.5) is 0 Å². The molecule has 1 saturated heterocycles. The molecule has 1 atom stereocenters. The van der Waals surface area contributed by atoms with Crippen molar-refractivity contribution >= 4 is 0 Å². The summed E-state index contributed by atoms with van der Waals surface area (Å²) >= 11 is 0. The molecule has 7 heteroatoms. The minimum atomic E-state index is -0.142. The first-order valence-electron chi connectivity index (χ1n) is 8.46. The summed E-state index contributed by atoms with van der Waals surface area (Å²) in [6.07, 6.45) is 1.63. The van der Waals surface area contributed by atoms with Crippen LogP contribution in [-0.2, 0) is 22.6 Å². The van der Waals surface area contributed by atoms with Crippen LogP contribution in [0.5, 0.6) is 0 Å². The van der Waals surface area contributed by atoms with E-state index >= 15 is 0 Å². The Bertz CT molecular complexity index is 677. The number of hydrogen-bond acceptors (Lipinski definition) is 5. The zero-order valence-electron chi connectivity index (χ0n) is 14.0. The Morgan fingerprint density at radius 2 is 2.00 bits per heavy atom. The first kappa shape index (κ1) is 16.9. The van der Waals surface area contributed by atoms with Gasteiger partial charge >= 0.3 is 5.69 Å². The van der Waals surface area contributed by atoms with Gasteiger partial charge in [0.1, 0.15) is 0 Å². The number of aromatic nitrogens is 4. The van der Waals surface area contributed by atoms with Gasteiger partial charge in [0.2, 0.25) is 0 Å². The summed E-state index contributed by atoms with van der Waals surface area (Å²) in [7, 11) is 0. The molecule has 24 heavy (non-hydrogen) atoms. The molecule has 7 nitrogen and oxygen atoms in total. The second-order valence-electron chi connectivity index (χ2n) is 6.34. The molecular formula is C17H24N4O3. The lowest BCUT2D eigenvalue weighted by molar-refractivity contribution is 0.0645. The molecule has 1 aliphatic heterocycles. The summed E-state index contributed by atoms with van der Waals surface area (Å²) in [6.45, 7) is 5.06. The molecule has 130 valence electrons. The highest BCUT2D eigenvalue weighted by Crippen LogP contribution is 2.17. The Hall–Kier alpha value is -1.99. The van der Waals surface area contributed by atoms with E-state index in [0.717, 1.165) is 18.4 Å². The molecule has 0 spiro atoms. The standard InChI is InChI=1S/C17H24N4O3/c1-14(12-24-13-15-5-3-2-4-6-15)11-20-17(22)21(19-18-20)16-7-9-23-10-8-16/h2-6,14,16H,7-13H2,1H3. The molecule has 1 aromatic carbocycles. The van der Waals surface area contributed by atoms with Gasteiger partial charge in [0.05, 0.1) is 25.8 Å². The predicted molar refractivity (Wildman–Crippen MR) is 88.6 cm³/mol. The van der Waals surface area contributed by atoms with E-state index in [1.165, 1.54) is 9.36 Å². The summed E-state index contributed by atoms with van der Waals surface area (Å²) in [5, 5.41) is 8.06. The van der Waals surface area contributed by atoms with Crippen molar-refractivity contribution < 1.29 is 9.47 Å². The van der Waals surface area contributed by atoms with Crippen LogP contribution in [0.3, 0.4) is 0 Å². The quantitative estimate of drug-likeness (QED) is 0.771. The van der Waals surface area contributed by atoms with Gasteiger partial charge in [-0.2, -0.15) is 9.36 Å². The zero-order valence-corrected chi connectivity index (χ0v) is 14.0. The van der Waals surface area contributed by atoms with Crippen molar-refractivity contribution in [1.29, 1.82) is 0 Å². The van der Waals surface area contributed by atoms with Gasteiger partial charge in [0.25, 0.3) is 0 Å². The van der Waals surface area contributed by atoms with Crippen LogP contribution in [0.25, 0.3) is 0 Å². The molecular weight excluding hydrogens is 308 g/mol. The van der Waals surface area contributed by atoms with Gasteiger partial charge in [-0.3, -0.25) is 0 Å². The van der Waals surface area contributed by atoms with Crippen LogP contribution < -0.4 is 5.69 Å². The lowest BCUT2D eigenvalue weighted by Gasteiger charge is -2.20. The van der Waals surface area contributed by atoms with Crippen molar-refractivity contribution in [2.24, 2.45) is 5.92 Å². The Morgan fingerprint density at radius 1 is 1.25 bits per heavy atom. The molecule has 0 amide bonds. The van der Waals surface area contributed by atoms with Gasteiger partial charge in [-0.25, -0.2) is 4.79 Å². The summed E-state index contributed by atoms with van der Waals surface area (Å²) in [5.41, 5.74) is 1.00. The molecule has 1 unspecified atom stereocenters. The molecule has 1 aliphatic rings. The van der Waals surface area contributed by atoms with E-state index in [2.05, 4.69) is 10.4 Å². The first-order chi connectivity index (χ1) is 11.7. The highest BCUT2D eigenvalue weighted by molar-refractivity contribution is 5.13. The summed E-state index contributed by atoms with van der Waals surface area (Å²) in [6, 6.07) is 10.2. The monoisotopic (exact) mass is 332 g/mol. The number of nitrogens with zero attached hydrogens (tertiary/aromatic N) is 4. The van der Waals surface area contributed by atoms with Crippen molar-refractivity contribution in [3.05, 3.63) is 46.4 Å². The maximum Gasteiger partial charge on any atom is 0.363 e. The van der Waals surface area contributed by atoms with Gasteiger partial charge in [0.15, 0.2) is 0 Å². The molecule has 1 aromatic heterocycles. The van der Waals surface area contributed by atoms with Crippen molar-refractivity contribution in [3.63, 3.8) is 0 Å². The largest absolute Gasteiger partial charge is 0.381 e. The Balaban J connectivity index is 1.50. The average Bonchev–Trinajstić information content (AvgIpc) is 2.97. The summed E-state index contributed by atoms with van der Waals surface area (Å²) in [5.74, 6) is 0.186. The van der Waals surface area contributed by atoms with Gasteiger partial charge in [-0.05, 0) is 34.7 Å². The third-order valence-corrected chi connectivity index (χ3v) is 4.20. The van der Waals surface area contributed by atoms with E-state index in [1.54, 1.807) is 0 Å². The van der Waals surface area contributed by atoms with Crippen LogP contribution in [0.15, 0.2) is 35.1 Å². The Kier molecular flexibility index (Phi) is 5.77. The molecule has 0 N–H and O–H groups in total. The van der Waals surface area contributed by atoms with Crippen molar-refractivity contribution in [3.8, 4) is 0 Å². The summed E-state index contributed by atoms with van der Waals surface area (Å²) in [4.78, 5) is 12.4. The average molecular weight is 332 g/mol. The Morgan fingerprint density at radius 3 is 2.75 bits per heavy atom. The number of rotatable bonds is 7. The van der Waals surface area contributed by atoms with Gasteiger partial charge in [-0.1, -0.05) is 37.3 Å². The molecule has 1 fully saturated rings. The van der Waals surface area contributed by atoms with Crippen LogP contribution >= 0.6 is 0 Å². The smallest absolute Gasteiger partial charge is 0.363 e. The highest BCUT2D eigenvalue weighted by atomic mass is 16.5. The summed E-state index contributed by atoms with van der Waals surface area (Å²) < 4.78 is 14.0. The third-order valence-electron chi connectivity index (χ3n) is 4.20. The van der Waals surface area contributed by atoms with Gasteiger partial charge < -0.3 is 9.47 Å². The van der Waals surface area contributed by atoms with E-state index in [9.17, 15) is 4.79 Å². The van der Waals surface area contributed by atoms with Crippen LogP contribution in [0.1, 0.15) is 31.4 Å². The van der Waals surface area contributed by atoms with Crippen molar-refractivity contribution in [2.45, 2.75) is 39.0 Å². The van der Waals surface area contributed by atoms with E-state index in [4.69, 9.17) is 9.47 Å². The SMILES string of the molecule is CC(COCc1ccccc1)Cn1nnn(C2CCOCC2)c1=O. The van der Waals surface area contributed by atoms with Crippen molar-refractivity contribution in [2.75, 3.05) is 19.8 Å². The van der Waals surface area contributed by atoms with E-state index in [-0.39, 0.29) is 17.6 Å². The molecule has 0 saturated carbocycles.